The largest absolute Gasteiger partial charge is 0.393 e. The maximum Gasteiger partial charge on any atom is 0.123 e. The first-order valence-corrected chi connectivity index (χ1v) is 6.71. The van der Waals surface area contributed by atoms with E-state index >= 15 is 0 Å². The number of nitrogens with zero attached hydrogens (tertiary/aromatic N) is 1. The van der Waals surface area contributed by atoms with Crippen LogP contribution in [0.15, 0.2) is 18.2 Å². The third-order valence-electron chi connectivity index (χ3n) is 4.01. The molecule has 0 spiro atoms. The summed E-state index contributed by atoms with van der Waals surface area (Å²) in [5.41, 5.74) is 2.22. The summed E-state index contributed by atoms with van der Waals surface area (Å²) in [5, 5.41) is 9.57. The lowest BCUT2D eigenvalue weighted by Crippen LogP contribution is -2.36. The van der Waals surface area contributed by atoms with Crippen molar-refractivity contribution in [1.82, 2.24) is 4.90 Å². The Morgan fingerprint density at radius 3 is 2.61 bits per heavy atom. The average molecular weight is 251 g/mol. The van der Waals surface area contributed by atoms with Crippen molar-refractivity contribution in [3.63, 3.8) is 0 Å². The van der Waals surface area contributed by atoms with E-state index in [0.717, 1.165) is 38.0 Å². The van der Waals surface area contributed by atoms with Gasteiger partial charge in [0, 0.05) is 6.54 Å². The van der Waals surface area contributed by atoms with Gasteiger partial charge in [-0.05, 0) is 69.0 Å². The van der Waals surface area contributed by atoms with E-state index in [1.165, 1.54) is 11.6 Å². The molecule has 2 nitrogen and oxygen atoms in total. The van der Waals surface area contributed by atoms with Gasteiger partial charge in [0.2, 0.25) is 0 Å². The number of halogens is 1. The fourth-order valence-corrected chi connectivity index (χ4v) is 2.67. The molecule has 1 unspecified atom stereocenters. The Kier molecular flexibility index (Phi) is 4.36. The predicted molar refractivity (Wildman–Crippen MR) is 70.8 cm³/mol. The maximum absolute atomic E-state index is 13.0. The third-order valence-corrected chi connectivity index (χ3v) is 4.01. The minimum atomic E-state index is -0.195. The molecule has 1 aromatic rings. The van der Waals surface area contributed by atoms with E-state index in [9.17, 15) is 9.50 Å². The number of hydrogen-bond acceptors (Lipinski definition) is 2. The Morgan fingerprint density at radius 2 is 2.06 bits per heavy atom. The normalized spacial score (nSPS) is 20.0. The summed E-state index contributed by atoms with van der Waals surface area (Å²) in [4.78, 5) is 2.39. The fourth-order valence-electron chi connectivity index (χ4n) is 2.67. The molecular weight excluding hydrogens is 229 g/mol. The first-order chi connectivity index (χ1) is 8.56. The monoisotopic (exact) mass is 251 g/mol. The number of rotatable bonds is 3. The number of aryl methyl sites for hydroxylation is 1. The number of aliphatic hydroxyl groups excluding tert-OH is 1. The van der Waals surface area contributed by atoms with Gasteiger partial charge in [-0.2, -0.15) is 0 Å². The fraction of sp³-hybridized carbons (Fsp3) is 0.600. The van der Waals surface area contributed by atoms with Crippen LogP contribution >= 0.6 is 0 Å². The quantitative estimate of drug-likeness (QED) is 0.893. The molecule has 1 saturated heterocycles. The van der Waals surface area contributed by atoms with Crippen molar-refractivity contribution in [3.05, 3.63) is 35.1 Å². The van der Waals surface area contributed by atoms with Crippen LogP contribution in [-0.4, -0.2) is 29.2 Å². The van der Waals surface area contributed by atoms with E-state index in [0.29, 0.717) is 5.92 Å². The standard InChI is InChI=1S/C15H22FNO/c1-11-9-15(16)4-3-14(11)10-17-7-5-13(6-8-17)12(2)18/h3-4,9,12-13,18H,5-8,10H2,1-2H3. The molecule has 0 aliphatic carbocycles. The zero-order valence-electron chi connectivity index (χ0n) is 11.2. The van der Waals surface area contributed by atoms with Crippen molar-refractivity contribution in [2.24, 2.45) is 5.92 Å². The van der Waals surface area contributed by atoms with Crippen molar-refractivity contribution in [2.45, 2.75) is 39.3 Å². The van der Waals surface area contributed by atoms with Crippen LogP contribution in [-0.2, 0) is 6.54 Å². The van der Waals surface area contributed by atoms with Crippen LogP contribution in [0.25, 0.3) is 0 Å². The summed E-state index contributed by atoms with van der Waals surface area (Å²) in [6, 6.07) is 5.01. The zero-order valence-corrected chi connectivity index (χ0v) is 11.2. The van der Waals surface area contributed by atoms with Gasteiger partial charge in [0.15, 0.2) is 0 Å². The molecule has 0 saturated carbocycles. The van der Waals surface area contributed by atoms with E-state index < -0.39 is 0 Å². The highest BCUT2D eigenvalue weighted by molar-refractivity contribution is 5.26. The number of benzene rings is 1. The number of likely N-dealkylation sites (tertiary alicyclic amines) is 1. The molecule has 3 heteroatoms. The minimum absolute atomic E-state index is 0.163. The van der Waals surface area contributed by atoms with Crippen molar-refractivity contribution in [1.29, 1.82) is 0 Å². The number of aliphatic hydroxyl groups is 1. The Labute approximate surface area is 108 Å². The Morgan fingerprint density at radius 1 is 1.39 bits per heavy atom. The van der Waals surface area contributed by atoms with Crippen LogP contribution < -0.4 is 0 Å². The summed E-state index contributed by atoms with van der Waals surface area (Å²) in [7, 11) is 0. The molecular formula is C15H22FNO. The summed E-state index contributed by atoms with van der Waals surface area (Å²) < 4.78 is 13.0. The molecule has 1 aliphatic rings. The zero-order chi connectivity index (χ0) is 13.1. The topological polar surface area (TPSA) is 23.5 Å². The first kappa shape index (κ1) is 13.5. The van der Waals surface area contributed by atoms with Gasteiger partial charge in [-0.1, -0.05) is 6.07 Å². The molecule has 1 aliphatic heterocycles. The lowest BCUT2D eigenvalue weighted by molar-refractivity contribution is 0.0695. The second-order valence-corrected chi connectivity index (χ2v) is 5.42. The smallest absolute Gasteiger partial charge is 0.123 e. The Balaban J connectivity index is 1.91. The van der Waals surface area contributed by atoms with Crippen molar-refractivity contribution in [3.8, 4) is 0 Å². The molecule has 1 fully saturated rings. The molecule has 0 aromatic heterocycles. The SMILES string of the molecule is Cc1cc(F)ccc1CN1CCC(C(C)O)CC1. The molecule has 0 radical (unpaired) electrons. The van der Waals surface area contributed by atoms with Crippen LogP contribution in [0.2, 0.25) is 0 Å². The van der Waals surface area contributed by atoms with Gasteiger partial charge in [0.25, 0.3) is 0 Å². The van der Waals surface area contributed by atoms with Gasteiger partial charge >= 0.3 is 0 Å². The lowest BCUT2D eigenvalue weighted by atomic mass is 9.92. The molecule has 1 aromatic carbocycles. The van der Waals surface area contributed by atoms with Gasteiger partial charge in [-0.25, -0.2) is 4.39 Å². The number of piperidine rings is 1. The maximum atomic E-state index is 13.0. The van der Waals surface area contributed by atoms with E-state index in [2.05, 4.69) is 4.90 Å². The lowest BCUT2D eigenvalue weighted by Gasteiger charge is -2.33. The van der Waals surface area contributed by atoms with E-state index in [-0.39, 0.29) is 11.9 Å². The molecule has 0 amide bonds. The summed E-state index contributed by atoms with van der Waals surface area (Å²) in [6.07, 6.45) is 1.91. The first-order valence-electron chi connectivity index (χ1n) is 6.71. The summed E-state index contributed by atoms with van der Waals surface area (Å²) in [6.45, 7) is 6.77. The van der Waals surface area contributed by atoms with Gasteiger partial charge in [0.1, 0.15) is 5.82 Å². The van der Waals surface area contributed by atoms with Gasteiger partial charge in [-0.15, -0.1) is 0 Å². The second-order valence-electron chi connectivity index (χ2n) is 5.42. The molecule has 1 atom stereocenters. The van der Waals surface area contributed by atoms with Gasteiger partial charge < -0.3 is 5.11 Å². The van der Waals surface area contributed by atoms with E-state index in [1.807, 2.05) is 19.9 Å². The highest BCUT2D eigenvalue weighted by Gasteiger charge is 2.22. The summed E-state index contributed by atoms with van der Waals surface area (Å²) in [5.74, 6) is 0.277. The van der Waals surface area contributed by atoms with Crippen LogP contribution in [0.5, 0.6) is 0 Å². The van der Waals surface area contributed by atoms with Crippen LogP contribution in [0, 0.1) is 18.7 Å². The molecule has 100 valence electrons. The number of hydrogen-bond donors (Lipinski definition) is 1. The van der Waals surface area contributed by atoms with Crippen molar-refractivity contribution < 1.29 is 9.50 Å². The highest BCUT2D eigenvalue weighted by atomic mass is 19.1. The highest BCUT2D eigenvalue weighted by Crippen LogP contribution is 2.22. The molecule has 1 heterocycles. The van der Waals surface area contributed by atoms with E-state index in [4.69, 9.17) is 0 Å². The van der Waals surface area contributed by atoms with Gasteiger partial charge in [-0.3, -0.25) is 4.90 Å². The Bertz CT molecular complexity index is 397. The molecule has 0 bridgehead atoms. The minimum Gasteiger partial charge on any atom is -0.393 e. The van der Waals surface area contributed by atoms with E-state index in [1.54, 1.807) is 6.07 Å². The summed E-state index contributed by atoms with van der Waals surface area (Å²) >= 11 is 0. The van der Waals surface area contributed by atoms with Gasteiger partial charge in [0.05, 0.1) is 6.10 Å². The molecule has 1 N–H and O–H groups in total. The van der Waals surface area contributed by atoms with Crippen LogP contribution in [0.1, 0.15) is 30.9 Å². The average Bonchev–Trinajstić information content (AvgIpc) is 2.33. The van der Waals surface area contributed by atoms with Crippen molar-refractivity contribution >= 4 is 0 Å². The van der Waals surface area contributed by atoms with Crippen molar-refractivity contribution in [2.75, 3.05) is 13.1 Å². The molecule has 18 heavy (non-hydrogen) atoms. The van der Waals surface area contributed by atoms with Crippen LogP contribution in [0.4, 0.5) is 4.39 Å². The second kappa shape index (κ2) is 5.81. The molecule has 2 rings (SSSR count). The predicted octanol–water partition coefficient (Wildman–Crippen LogP) is 2.73. The van der Waals surface area contributed by atoms with Crippen LogP contribution in [0.3, 0.4) is 0 Å². The third kappa shape index (κ3) is 3.30. The Hall–Kier alpha value is -0.930.